The van der Waals surface area contributed by atoms with Crippen LogP contribution in [0.1, 0.15) is 0 Å². The maximum atomic E-state index is 13.8. The third kappa shape index (κ3) is 4.07. The molecule has 0 atom stereocenters. The summed E-state index contributed by atoms with van der Waals surface area (Å²) in [6.07, 6.45) is 0.961. The zero-order chi connectivity index (χ0) is 18.0. The van der Waals surface area contributed by atoms with Crippen LogP contribution in [0.25, 0.3) is 11.4 Å². The van der Waals surface area contributed by atoms with Gasteiger partial charge in [-0.3, -0.25) is 4.72 Å². The van der Waals surface area contributed by atoms with Crippen LogP contribution in [0.4, 0.5) is 14.5 Å². The number of nitrogens with one attached hydrogen (secondary N) is 2. The van der Waals surface area contributed by atoms with Crippen molar-refractivity contribution >= 4 is 15.7 Å². The minimum Gasteiger partial charge on any atom is -0.452 e. The summed E-state index contributed by atoms with van der Waals surface area (Å²) in [5.74, 6) is -1.76. The number of tetrazole rings is 1. The van der Waals surface area contributed by atoms with Gasteiger partial charge in [-0.25, -0.2) is 17.2 Å². The summed E-state index contributed by atoms with van der Waals surface area (Å²) in [7, 11) is -3.61. The second-order valence-corrected chi connectivity index (χ2v) is 6.75. The first kappa shape index (κ1) is 16.8. The highest BCUT2D eigenvalue weighted by molar-refractivity contribution is 7.92. The van der Waals surface area contributed by atoms with Crippen molar-refractivity contribution in [2.75, 3.05) is 11.0 Å². The molecule has 2 aromatic carbocycles. The van der Waals surface area contributed by atoms with Crippen LogP contribution in [-0.2, 0) is 10.0 Å². The highest BCUT2D eigenvalue weighted by Gasteiger charge is 2.15. The predicted molar refractivity (Wildman–Crippen MR) is 84.5 cm³/mol. The quantitative estimate of drug-likeness (QED) is 0.716. The lowest BCUT2D eigenvalue weighted by Crippen LogP contribution is -2.10. The van der Waals surface area contributed by atoms with Gasteiger partial charge in [-0.2, -0.15) is 5.21 Å². The Balaban J connectivity index is 2.05. The van der Waals surface area contributed by atoms with E-state index < -0.39 is 21.7 Å². The summed E-state index contributed by atoms with van der Waals surface area (Å²) in [5.41, 5.74) is 0.517. The molecule has 8 nitrogen and oxygen atoms in total. The molecule has 0 saturated carbocycles. The zero-order valence-electron chi connectivity index (χ0n) is 12.7. The van der Waals surface area contributed by atoms with Crippen LogP contribution >= 0.6 is 0 Å². The second kappa shape index (κ2) is 6.43. The first-order chi connectivity index (χ1) is 11.8. The highest BCUT2D eigenvalue weighted by Crippen LogP contribution is 2.34. The van der Waals surface area contributed by atoms with Crippen molar-refractivity contribution in [1.29, 1.82) is 0 Å². The summed E-state index contributed by atoms with van der Waals surface area (Å²) in [6.45, 7) is 0. The molecular formula is C14H11F2N5O3S. The molecule has 0 radical (unpaired) electrons. The zero-order valence-corrected chi connectivity index (χ0v) is 13.5. The molecule has 1 aromatic heterocycles. The van der Waals surface area contributed by atoms with Gasteiger partial charge in [0.25, 0.3) is 0 Å². The van der Waals surface area contributed by atoms with Gasteiger partial charge in [-0.15, -0.1) is 10.2 Å². The van der Waals surface area contributed by atoms with E-state index in [0.29, 0.717) is 11.6 Å². The van der Waals surface area contributed by atoms with Crippen molar-refractivity contribution in [3.8, 4) is 22.9 Å². The molecule has 0 amide bonds. The summed E-state index contributed by atoms with van der Waals surface area (Å²) in [4.78, 5) is 0. The molecule has 0 fully saturated rings. The van der Waals surface area contributed by atoms with Crippen molar-refractivity contribution in [2.45, 2.75) is 0 Å². The number of hydrogen-bond donors (Lipinski definition) is 2. The van der Waals surface area contributed by atoms with E-state index in [2.05, 4.69) is 25.3 Å². The van der Waals surface area contributed by atoms with Gasteiger partial charge in [0.15, 0.2) is 17.3 Å². The van der Waals surface area contributed by atoms with E-state index in [1.54, 1.807) is 0 Å². The van der Waals surface area contributed by atoms with Crippen LogP contribution in [0.5, 0.6) is 11.5 Å². The molecular weight excluding hydrogens is 356 g/mol. The number of benzene rings is 2. The van der Waals surface area contributed by atoms with Crippen molar-refractivity contribution in [3.05, 3.63) is 48.0 Å². The Bertz CT molecular complexity index is 1010. The number of halogens is 2. The summed E-state index contributed by atoms with van der Waals surface area (Å²) >= 11 is 0. The average Bonchev–Trinajstić information content (AvgIpc) is 3.04. The number of anilines is 1. The Morgan fingerprint density at radius 2 is 1.92 bits per heavy atom. The molecule has 0 saturated heterocycles. The van der Waals surface area contributed by atoms with Gasteiger partial charge in [0.1, 0.15) is 5.82 Å². The van der Waals surface area contributed by atoms with E-state index in [4.69, 9.17) is 4.74 Å². The van der Waals surface area contributed by atoms with Gasteiger partial charge in [-0.05, 0) is 35.5 Å². The third-order valence-electron chi connectivity index (χ3n) is 2.99. The lowest BCUT2D eigenvalue weighted by atomic mass is 10.2. The van der Waals surface area contributed by atoms with Gasteiger partial charge in [0.2, 0.25) is 15.8 Å². The Kier molecular flexibility index (Phi) is 4.31. The van der Waals surface area contributed by atoms with E-state index in [0.717, 1.165) is 18.4 Å². The summed E-state index contributed by atoms with van der Waals surface area (Å²) in [5, 5.41) is 13.3. The normalized spacial score (nSPS) is 11.3. The fourth-order valence-corrected chi connectivity index (χ4v) is 2.56. The molecule has 0 aliphatic heterocycles. The van der Waals surface area contributed by atoms with Gasteiger partial charge in [0, 0.05) is 11.6 Å². The van der Waals surface area contributed by atoms with E-state index in [9.17, 15) is 17.2 Å². The number of H-pyrrole nitrogens is 1. The standard InChI is InChI=1S/C14H11F2N5O3S/c1-25(22,23)19-11-4-2-8(14-17-20-21-18-14)6-13(11)24-12-5-3-9(15)7-10(12)16/h2-7,19H,1H3,(H,17,18,20,21). The number of hydrogen-bond acceptors (Lipinski definition) is 6. The Hall–Kier alpha value is -3.08. The van der Waals surface area contributed by atoms with Crippen LogP contribution in [-0.4, -0.2) is 35.3 Å². The van der Waals surface area contributed by atoms with E-state index in [-0.39, 0.29) is 23.0 Å². The molecule has 1 heterocycles. The average molecular weight is 367 g/mol. The highest BCUT2D eigenvalue weighted by atomic mass is 32.2. The second-order valence-electron chi connectivity index (χ2n) is 5.00. The minimum absolute atomic E-state index is 0.0155. The Morgan fingerprint density at radius 3 is 2.56 bits per heavy atom. The van der Waals surface area contributed by atoms with E-state index >= 15 is 0 Å². The van der Waals surface area contributed by atoms with Crippen LogP contribution in [0.15, 0.2) is 36.4 Å². The topological polar surface area (TPSA) is 110 Å². The van der Waals surface area contributed by atoms with Gasteiger partial charge in [-0.1, -0.05) is 0 Å². The molecule has 0 spiro atoms. The van der Waals surface area contributed by atoms with Crippen LogP contribution in [0.2, 0.25) is 0 Å². The minimum atomic E-state index is -3.61. The van der Waals surface area contributed by atoms with Crippen molar-refractivity contribution in [3.63, 3.8) is 0 Å². The van der Waals surface area contributed by atoms with Crippen LogP contribution < -0.4 is 9.46 Å². The molecule has 0 unspecified atom stereocenters. The number of ether oxygens (including phenoxy) is 1. The predicted octanol–water partition coefficient (Wildman–Crippen LogP) is 2.31. The van der Waals surface area contributed by atoms with Gasteiger partial charge in [0.05, 0.1) is 11.9 Å². The van der Waals surface area contributed by atoms with E-state index in [1.807, 2.05) is 0 Å². The number of nitrogens with zero attached hydrogens (tertiary/aromatic N) is 3. The molecule has 130 valence electrons. The molecule has 25 heavy (non-hydrogen) atoms. The molecule has 0 aliphatic carbocycles. The first-order valence-electron chi connectivity index (χ1n) is 6.80. The number of rotatable bonds is 5. The lowest BCUT2D eigenvalue weighted by molar-refractivity contribution is 0.439. The van der Waals surface area contributed by atoms with Crippen molar-refractivity contribution in [1.82, 2.24) is 20.6 Å². The number of sulfonamides is 1. The fourth-order valence-electron chi connectivity index (χ4n) is 1.99. The van der Waals surface area contributed by atoms with Crippen LogP contribution in [0, 0.1) is 11.6 Å². The molecule has 3 aromatic rings. The van der Waals surface area contributed by atoms with Crippen molar-refractivity contribution in [2.24, 2.45) is 0 Å². The largest absolute Gasteiger partial charge is 0.452 e. The van der Waals surface area contributed by atoms with Crippen molar-refractivity contribution < 1.29 is 21.9 Å². The molecule has 11 heteroatoms. The Morgan fingerprint density at radius 1 is 1.12 bits per heavy atom. The van der Waals surface area contributed by atoms with E-state index in [1.165, 1.54) is 18.2 Å². The molecule has 2 N–H and O–H groups in total. The van der Waals surface area contributed by atoms with Gasteiger partial charge < -0.3 is 4.74 Å². The maximum absolute atomic E-state index is 13.8. The summed E-state index contributed by atoms with van der Waals surface area (Å²) in [6, 6.07) is 7.11. The SMILES string of the molecule is CS(=O)(=O)Nc1ccc(-c2nn[nH]n2)cc1Oc1ccc(F)cc1F. The smallest absolute Gasteiger partial charge is 0.229 e. The number of aromatic nitrogens is 4. The summed E-state index contributed by atoms with van der Waals surface area (Å²) < 4.78 is 57.5. The Labute approximate surface area is 140 Å². The molecule has 3 rings (SSSR count). The number of aromatic amines is 1. The monoisotopic (exact) mass is 367 g/mol. The molecule has 0 aliphatic rings. The lowest BCUT2D eigenvalue weighted by Gasteiger charge is -2.13. The first-order valence-corrected chi connectivity index (χ1v) is 8.69. The fraction of sp³-hybridized carbons (Fsp3) is 0.0714. The maximum Gasteiger partial charge on any atom is 0.229 e. The molecule has 0 bridgehead atoms. The van der Waals surface area contributed by atoms with Crippen LogP contribution in [0.3, 0.4) is 0 Å². The third-order valence-corrected chi connectivity index (χ3v) is 3.59. The van der Waals surface area contributed by atoms with Gasteiger partial charge >= 0.3 is 0 Å².